The van der Waals surface area contributed by atoms with Crippen LogP contribution in [0.3, 0.4) is 0 Å². The molecule has 0 aromatic heterocycles. The van der Waals surface area contributed by atoms with E-state index in [0.29, 0.717) is 0 Å². The van der Waals surface area contributed by atoms with E-state index in [1.54, 1.807) is 0 Å². The predicted molar refractivity (Wildman–Crippen MR) is 76.4 cm³/mol. The third-order valence-corrected chi connectivity index (χ3v) is 2.88. The molecule has 0 atom stereocenters. The number of hydrogen-bond acceptors (Lipinski definition) is 2. The molecular weight excluding hydrogens is 278 g/mol. The van der Waals surface area contributed by atoms with Gasteiger partial charge in [-0.15, -0.1) is 0 Å². The lowest BCUT2D eigenvalue weighted by Gasteiger charge is -2.20. The van der Waals surface area contributed by atoms with Crippen LogP contribution in [0.15, 0.2) is 28.7 Å². The van der Waals surface area contributed by atoms with Crippen molar-refractivity contribution in [3.63, 3.8) is 0 Å². The fourth-order valence-corrected chi connectivity index (χ4v) is 1.71. The fourth-order valence-electron chi connectivity index (χ4n) is 1.44. The molecule has 2 nitrogen and oxygen atoms in total. The van der Waals surface area contributed by atoms with Gasteiger partial charge in [-0.05, 0) is 44.9 Å². The van der Waals surface area contributed by atoms with Crippen molar-refractivity contribution in [2.24, 2.45) is 0 Å². The topological polar surface area (TPSA) is 21.3 Å². The van der Waals surface area contributed by atoms with Crippen LogP contribution in [0, 0.1) is 0 Å². The van der Waals surface area contributed by atoms with Crippen molar-refractivity contribution in [2.75, 3.05) is 19.8 Å². The summed E-state index contributed by atoms with van der Waals surface area (Å²) < 4.78 is 6.71. The number of ether oxygens (including phenoxy) is 1. The fraction of sp³-hybridized carbons (Fsp3) is 0.571. The summed E-state index contributed by atoms with van der Waals surface area (Å²) in [6.45, 7) is 8.95. The summed E-state index contributed by atoms with van der Waals surface area (Å²) in [6.07, 6.45) is 0.975. The Morgan fingerprint density at radius 3 is 2.35 bits per heavy atom. The Labute approximate surface area is 113 Å². The van der Waals surface area contributed by atoms with Crippen LogP contribution in [-0.4, -0.2) is 25.3 Å². The molecule has 0 heterocycles. The third kappa shape index (κ3) is 7.53. The van der Waals surface area contributed by atoms with Crippen LogP contribution in [0.2, 0.25) is 0 Å². The molecule has 0 saturated heterocycles. The quantitative estimate of drug-likeness (QED) is 0.813. The first kappa shape index (κ1) is 14.7. The summed E-state index contributed by atoms with van der Waals surface area (Å²) >= 11 is 3.43. The molecule has 3 heteroatoms. The van der Waals surface area contributed by atoms with Crippen LogP contribution in [0.1, 0.15) is 26.3 Å². The molecule has 0 unspecified atom stereocenters. The average Bonchev–Trinajstić information content (AvgIpc) is 2.24. The summed E-state index contributed by atoms with van der Waals surface area (Å²) in [4.78, 5) is 0. The van der Waals surface area contributed by atoms with Crippen LogP contribution in [-0.2, 0) is 11.2 Å². The van der Waals surface area contributed by atoms with Gasteiger partial charge in [0.2, 0.25) is 0 Å². The first-order valence-corrected chi connectivity index (χ1v) is 6.84. The maximum Gasteiger partial charge on any atom is 0.0591 e. The van der Waals surface area contributed by atoms with Crippen molar-refractivity contribution in [1.29, 1.82) is 0 Å². The molecule has 0 bridgehead atoms. The number of rotatable bonds is 6. The minimum Gasteiger partial charge on any atom is -0.380 e. The van der Waals surface area contributed by atoms with Crippen LogP contribution in [0.4, 0.5) is 0 Å². The van der Waals surface area contributed by atoms with Crippen molar-refractivity contribution in [1.82, 2.24) is 5.32 Å². The van der Waals surface area contributed by atoms with Gasteiger partial charge >= 0.3 is 0 Å². The second-order valence-electron chi connectivity index (χ2n) is 5.17. The van der Waals surface area contributed by atoms with Gasteiger partial charge < -0.3 is 10.1 Å². The van der Waals surface area contributed by atoms with E-state index in [-0.39, 0.29) is 5.54 Å². The molecule has 0 aliphatic carbocycles. The van der Waals surface area contributed by atoms with Gasteiger partial charge in [-0.25, -0.2) is 0 Å². The molecule has 0 saturated carbocycles. The van der Waals surface area contributed by atoms with Gasteiger partial charge in [0.25, 0.3) is 0 Å². The largest absolute Gasteiger partial charge is 0.380 e. The number of nitrogens with one attached hydrogen (secondary N) is 1. The molecule has 1 N–H and O–H groups in total. The lowest BCUT2D eigenvalue weighted by Crippen LogP contribution is -2.38. The Bertz CT molecular complexity index is 316. The Morgan fingerprint density at radius 1 is 1.12 bits per heavy atom. The molecule has 0 radical (unpaired) electrons. The predicted octanol–water partition coefficient (Wildman–Crippen LogP) is 3.40. The summed E-state index contributed by atoms with van der Waals surface area (Å²) in [5.41, 5.74) is 1.49. The maximum absolute atomic E-state index is 5.59. The van der Waals surface area contributed by atoms with E-state index in [1.807, 2.05) is 0 Å². The highest BCUT2D eigenvalue weighted by Crippen LogP contribution is 2.10. The molecule has 0 aliphatic rings. The molecule has 0 fully saturated rings. The smallest absolute Gasteiger partial charge is 0.0591 e. The van der Waals surface area contributed by atoms with E-state index in [2.05, 4.69) is 66.3 Å². The lowest BCUT2D eigenvalue weighted by atomic mass is 10.1. The minimum atomic E-state index is 0.176. The van der Waals surface area contributed by atoms with Crippen molar-refractivity contribution >= 4 is 15.9 Å². The van der Waals surface area contributed by atoms with Crippen molar-refractivity contribution in [3.05, 3.63) is 34.3 Å². The van der Waals surface area contributed by atoms with Gasteiger partial charge in [0.05, 0.1) is 13.2 Å². The Kier molecular flexibility index (Phi) is 6.17. The minimum absolute atomic E-state index is 0.176. The van der Waals surface area contributed by atoms with E-state index >= 15 is 0 Å². The normalized spacial score (nSPS) is 11.8. The van der Waals surface area contributed by atoms with Crippen LogP contribution < -0.4 is 5.32 Å². The zero-order valence-corrected chi connectivity index (χ0v) is 12.5. The molecule has 0 aliphatic heterocycles. The van der Waals surface area contributed by atoms with Crippen LogP contribution in [0.25, 0.3) is 0 Å². The van der Waals surface area contributed by atoms with Gasteiger partial charge in [0.1, 0.15) is 0 Å². The maximum atomic E-state index is 5.59. The van der Waals surface area contributed by atoms with Crippen molar-refractivity contribution < 1.29 is 4.74 Å². The third-order valence-electron chi connectivity index (χ3n) is 2.35. The average molecular weight is 300 g/mol. The summed E-state index contributed by atoms with van der Waals surface area (Å²) in [5, 5.41) is 3.40. The number of hydrogen-bond donors (Lipinski definition) is 1. The summed E-state index contributed by atoms with van der Waals surface area (Å²) in [5.74, 6) is 0. The summed E-state index contributed by atoms with van der Waals surface area (Å²) in [6, 6.07) is 8.38. The van der Waals surface area contributed by atoms with Crippen LogP contribution >= 0.6 is 15.9 Å². The molecule has 1 rings (SSSR count). The Hall–Kier alpha value is -0.380. The molecule has 1 aromatic rings. The van der Waals surface area contributed by atoms with E-state index in [0.717, 1.165) is 30.7 Å². The standard InChI is InChI=1S/C14H22BrNO/c1-14(2,3)16-9-11-17-10-8-12-4-6-13(15)7-5-12/h4-7,16H,8-11H2,1-3H3. The SMILES string of the molecule is CC(C)(C)NCCOCCc1ccc(Br)cc1. The number of benzene rings is 1. The monoisotopic (exact) mass is 299 g/mol. The Morgan fingerprint density at radius 2 is 1.76 bits per heavy atom. The first-order valence-electron chi connectivity index (χ1n) is 6.04. The van der Waals surface area contributed by atoms with Crippen molar-refractivity contribution in [2.45, 2.75) is 32.7 Å². The molecule has 96 valence electrons. The van der Waals surface area contributed by atoms with Gasteiger partial charge in [-0.1, -0.05) is 28.1 Å². The summed E-state index contributed by atoms with van der Waals surface area (Å²) in [7, 11) is 0. The zero-order chi connectivity index (χ0) is 12.7. The highest BCUT2D eigenvalue weighted by molar-refractivity contribution is 9.10. The van der Waals surface area contributed by atoms with Crippen LogP contribution in [0.5, 0.6) is 0 Å². The van der Waals surface area contributed by atoms with Gasteiger partial charge in [-0.2, -0.15) is 0 Å². The van der Waals surface area contributed by atoms with E-state index < -0.39 is 0 Å². The van der Waals surface area contributed by atoms with Crippen molar-refractivity contribution in [3.8, 4) is 0 Å². The first-order chi connectivity index (χ1) is 7.97. The highest BCUT2D eigenvalue weighted by atomic mass is 79.9. The molecular formula is C14H22BrNO. The Balaban J connectivity index is 2.07. The zero-order valence-electron chi connectivity index (χ0n) is 10.9. The van der Waals surface area contributed by atoms with Gasteiger partial charge in [-0.3, -0.25) is 0 Å². The van der Waals surface area contributed by atoms with Gasteiger partial charge in [0.15, 0.2) is 0 Å². The molecule has 0 amide bonds. The van der Waals surface area contributed by atoms with E-state index in [4.69, 9.17) is 4.74 Å². The number of halogens is 1. The molecule has 0 spiro atoms. The van der Waals surface area contributed by atoms with E-state index in [9.17, 15) is 0 Å². The molecule has 1 aromatic carbocycles. The second-order valence-corrected chi connectivity index (χ2v) is 6.08. The second kappa shape index (κ2) is 7.14. The highest BCUT2D eigenvalue weighted by Gasteiger charge is 2.06. The van der Waals surface area contributed by atoms with Gasteiger partial charge in [0, 0.05) is 16.6 Å². The molecule has 17 heavy (non-hydrogen) atoms. The van der Waals surface area contributed by atoms with E-state index in [1.165, 1.54) is 5.56 Å². The lowest BCUT2D eigenvalue weighted by molar-refractivity contribution is 0.133.